The molecule has 3 heterocycles. The first kappa shape index (κ1) is 18.3. The second-order valence-corrected chi connectivity index (χ2v) is 7.23. The van der Waals surface area contributed by atoms with Crippen molar-refractivity contribution in [2.24, 2.45) is 5.92 Å². The van der Waals surface area contributed by atoms with E-state index in [2.05, 4.69) is 19.9 Å². The summed E-state index contributed by atoms with van der Waals surface area (Å²) in [7, 11) is 1.62. The molecule has 3 aromatic rings. The number of nitrogens with one attached hydrogen (secondary N) is 1. The minimum Gasteiger partial charge on any atom is -0.497 e. The number of anilines is 1. The summed E-state index contributed by atoms with van der Waals surface area (Å²) in [4.78, 5) is 23.7. The van der Waals surface area contributed by atoms with Crippen molar-refractivity contribution in [3.05, 3.63) is 48.4 Å². The average molecular weight is 379 g/mol. The van der Waals surface area contributed by atoms with Crippen molar-refractivity contribution in [1.82, 2.24) is 19.4 Å². The van der Waals surface area contributed by atoms with Gasteiger partial charge in [0.05, 0.1) is 7.11 Å². The van der Waals surface area contributed by atoms with Crippen LogP contribution >= 0.6 is 0 Å². The van der Waals surface area contributed by atoms with E-state index in [-0.39, 0.29) is 6.03 Å². The van der Waals surface area contributed by atoms with Gasteiger partial charge in [0, 0.05) is 37.6 Å². The number of fused-ring (bicyclic) bond motifs is 1. The second-order valence-electron chi connectivity index (χ2n) is 7.23. The van der Waals surface area contributed by atoms with E-state index >= 15 is 0 Å². The van der Waals surface area contributed by atoms with Gasteiger partial charge in [0.2, 0.25) is 0 Å². The van der Waals surface area contributed by atoms with Crippen LogP contribution < -0.4 is 10.1 Å². The van der Waals surface area contributed by atoms with Gasteiger partial charge in [-0.15, -0.1) is 0 Å². The first-order valence-electron chi connectivity index (χ1n) is 9.62. The number of methoxy groups -OCH3 is 1. The van der Waals surface area contributed by atoms with Crippen LogP contribution in [0.15, 0.2) is 42.6 Å². The molecule has 4 rings (SSSR count). The Morgan fingerprint density at radius 1 is 1.32 bits per heavy atom. The number of piperidine rings is 1. The molecule has 1 fully saturated rings. The van der Waals surface area contributed by atoms with Gasteiger partial charge in [-0.1, -0.05) is 6.07 Å². The van der Waals surface area contributed by atoms with Crippen molar-refractivity contribution in [2.75, 3.05) is 25.5 Å². The number of aryl methyl sites for hydroxylation is 1. The third-order valence-electron chi connectivity index (χ3n) is 5.26. The maximum atomic E-state index is 12.7. The van der Waals surface area contributed by atoms with Crippen LogP contribution in [0.4, 0.5) is 10.5 Å². The second kappa shape index (κ2) is 7.88. The third kappa shape index (κ3) is 3.78. The predicted molar refractivity (Wildman–Crippen MR) is 109 cm³/mol. The number of nitrogens with zero attached hydrogens (tertiary/aromatic N) is 4. The molecule has 28 heavy (non-hydrogen) atoms. The van der Waals surface area contributed by atoms with Gasteiger partial charge >= 0.3 is 6.03 Å². The standard InChI is InChI=1S/C21H25N5O2/c1-15-23-19-9-4-10-22-20(19)26(15)14-16-6-5-11-25(13-16)21(27)24-17-7-3-8-18(12-17)28-2/h3-4,7-10,12,16H,5-6,11,13-14H2,1-2H3,(H,24,27). The zero-order valence-corrected chi connectivity index (χ0v) is 16.3. The summed E-state index contributed by atoms with van der Waals surface area (Å²) < 4.78 is 7.39. The van der Waals surface area contributed by atoms with E-state index in [1.165, 1.54) is 0 Å². The molecule has 1 saturated heterocycles. The molecule has 0 radical (unpaired) electrons. The first-order chi connectivity index (χ1) is 13.6. The number of rotatable bonds is 4. The number of carbonyl (C=O) groups excluding carboxylic acids is 1. The number of urea groups is 1. The Hall–Kier alpha value is -3.09. The fourth-order valence-electron chi connectivity index (χ4n) is 3.85. The van der Waals surface area contributed by atoms with Crippen LogP contribution in [-0.4, -0.2) is 45.7 Å². The Bertz CT molecular complexity index is 984. The normalized spacial score (nSPS) is 16.9. The van der Waals surface area contributed by atoms with Crippen LogP contribution in [0.2, 0.25) is 0 Å². The van der Waals surface area contributed by atoms with Crippen molar-refractivity contribution in [2.45, 2.75) is 26.3 Å². The number of benzene rings is 1. The zero-order valence-electron chi connectivity index (χ0n) is 16.3. The molecule has 7 nitrogen and oxygen atoms in total. The van der Waals surface area contributed by atoms with E-state index < -0.39 is 0 Å². The van der Waals surface area contributed by atoms with E-state index in [4.69, 9.17) is 4.74 Å². The van der Waals surface area contributed by atoms with E-state index in [9.17, 15) is 4.79 Å². The fourth-order valence-corrected chi connectivity index (χ4v) is 3.85. The molecule has 146 valence electrons. The molecule has 7 heteroatoms. The maximum absolute atomic E-state index is 12.7. The smallest absolute Gasteiger partial charge is 0.321 e. The Morgan fingerprint density at radius 2 is 2.21 bits per heavy atom. The average Bonchev–Trinajstić information content (AvgIpc) is 3.03. The summed E-state index contributed by atoms with van der Waals surface area (Å²) in [6, 6.07) is 11.3. The molecule has 0 saturated carbocycles. The quantitative estimate of drug-likeness (QED) is 0.750. The highest BCUT2D eigenvalue weighted by atomic mass is 16.5. The molecule has 1 aliphatic rings. The molecule has 0 bridgehead atoms. The van der Waals surface area contributed by atoms with Crippen LogP contribution in [0.5, 0.6) is 5.75 Å². The molecule has 1 aliphatic heterocycles. The summed E-state index contributed by atoms with van der Waals surface area (Å²) in [5.41, 5.74) is 2.58. The number of aromatic nitrogens is 3. The first-order valence-corrected chi connectivity index (χ1v) is 9.62. The molecule has 1 unspecified atom stereocenters. The van der Waals surface area contributed by atoms with E-state index in [1.807, 2.05) is 48.2 Å². The third-order valence-corrected chi connectivity index (χ3v) is 5.26. The lowest BCUT2D eigenvalue weighted by molar-refractivity contribution is 0.170. The largest absolute Gasteiger partial charge is 0.497 e. The van der Waals surface area contributed by atoms with Gasteiger partial charge in [-0.3, -0.25) is 0 Å². The molecular weight excluding hydrogens is 354 g/mol. The predicted octanol–water partition coefficient (Wildman–Crippen LogP) is 3.69. The summed E-state index contributed by atoms with van der Waals surface area (Å²) in [6.45, 7) is 4.33. The van der Waals surface area contributed by atoms with Gasteiger partial charge in [0.25, 0.3) is 0 Å². The Labute approximate surface area is 164 Å². The van der Waals surface area contributed by atoms with Crippen molar-refractivity contribution < 1.29 is 9.53 Å². The lowest BCUT2D eigenvalue weighted by Gasteiger charge is -2.33. The van der Waals surface area contributed by atoms with Crippen LogP contribution in [0.3, 0.4) is 0 Å². The summed E-state index contributed by atoms with van der Waals surface area (Å²) in [6.07, 6.45) is 3.89. The molecule has 1 N–H and O–H groups in total. The van der Waals surface area contributed by atoms with Crippen LogP contribution in [0.1, 0.15) is 18.7 Å². The van der Waals surface area contributed by atoms with Crippen molar-refractivity contribution in [3.8, 4) is 5.75 Å². The highest BCUT2D eigenvalue weighted by Crippen LogP contribution is 2.23. The highest BCUT2D eigenvalue weighted by molar-refractivity contribution is 5.89. The van der Waals surface area contributed by atoms with Crippen LogP contribution in [-0.2, 0) is 6.54 Å². The monoisotopic (exact) mass is 379 g/mol. The molecule has 0 spiro atoms. The molecule has 1 aromatic carbocycles. The molecule has 2 amide bonds. The SMILES string of the molecule is COc1cccc(NC(=O)N2CCCC(Cn3c(C)nc4cccnc43)C2)c1. The van der Waals surface area contributed by atoms with Gasteiger partial charge < -0.3 is 19.5 Å². The van der Waals surface area contributed by atoms with Gasteiger partial charge in [0.15, 0.2) is 5.65 Å². The Kier molecular flexibility index (Phi) is 5.14. The van der Waals surface area contributed by atoms with Crippen LogP contribution in [0.25, 0.3) is 11.2 Å². The highest BCUT2D eigenvalue weighted by Gasteiger charge is 2.25. The molecule has 0 aliphatic carbocycles. The number of likely N-dealkylation sites (tertiary alicyclic amines) is 1. The van der Waals surface area contributed by atoms with Crippen molar-refractivity contribution in [3.63, 3.8) is 0 Å². The number of hydrogen-bond acceptors (Lipinski definition) is 4. The Balaban J connectivity index is 1.43. The number of imidazole rings is 1. The van der Waals surface area contributed by atoms with Gasteiger partial charge in [-0.2, -0.15) is 0 Å². The lowest BCUT2D eigenvalue weighted by atomic mass is 9.98. The number of carbonyl (C=O) groups is 1. The fraction of sp³-hybridized carbons (Fsp3) is 0.381. The zero-order chi connectivity index (χ0) is 19.5. The van der Waals surface area contributed by atoms with E-state index in [0.29, 0.717) is 5.92 Å². The molecule has 1 atom stereocenters. The molecule has 2 aromatic heterocycles. The lowest BCUT2D eigenvalue weighted by Crippen LogP contribution is -2.43. The van der Waals surface area contributed by atoms with Crippen LogP contribution in [0, 0.1) is 12.8 Å². The minimum atomic E-state index is -0.0664. The summed E-state index contributed by atoms with van der Waals surface area (Å²) in [5.74, 6) is 2.07. The number of pyridine rings is 1. The number of ether oxygens (including phenoxy) is 1. The van der Waals surface area contributed by atoms with E-state index in [1.54, 1.807) is 13.3 Å². The van der Waals surface area contributed by atoms with Crippen molar-refractivity contribution >= 4 is 22.9 Å². The van der Waals surface area contributed by atoms with Crippen molar-refractivity contribution in [1.29, 1.82) is 0 Å². The number of amides is 2. The summed E-state index contributed by atoms with van der Waals surface area (Å²) >= 11 is 0. The summed E-state index contributed by atoms with van der Waals surface area (Å²) in [5, 5.41) is 2.98. The maximum Gasteiger partial charge on any atom is 0.321 e. The van der Waals surface area contributed by atoms with Gasteiger partial charge in [-0.25, -0.2) is 14.8 Å². The van der Waals surface area contributed by atoms with Gasteiger partial charge in [0.1, 0.15) is 17.1 Å². The Morgan fingerprint density at radius 3 is 3.07 bits per heavy atom. The molecular formula is C21H25N5O2. The topological polar surface area (TPSA) is 72.3 Å². The minimum absolute atomic E-state index is 0.0664. The number of hydrogen-bond donors (Lipinski definition) is 1. The van der Waals surface area contributed by atoms with E-state index in [0.717, 1.165) is 60.9 Å². The van der Waals surface area contributed by atoms with Gasteiger partial charge in [-0.05, 0) is 49.9 Å².